The molecule has 16 heavy (non-hydrogen) atoms. The lowest BCUT2D eigenvalue weighted by Gasteiger charge is -2.18. The summed E-state index contributed by atoms with van der Waals surface area (Å²) in [5, 5.41) is 3.02. The van der Waals surface area contributed by atoms with Crippen molar-refractivity contribution >= 4 is 5.91 Å². The minimum Gasteiger partial charge on any atom is -0.375 e. The Morgan fingerprint density at radius 2 is 2.25 bits per heavy atom. The molecule has 1 aliphatic carbocycles. The van der Waals surface area contributed by atoms with E-state index in [2.05, 4.69) is 24.4 Å². The molecule has 1 N–H and O–H groups in total. The summed E-state index contributed by atoms with van der Waals surface area (Å²) in [6.07, 6.45) is 1.04. The van der Waals surface area contributed by atoms with Crippen LogP contribution in [0.15, 0.2) is 24.3 Å². The number of fused-ring (bicyclic) bond motifs is 1. The van der Waals surface area contributed by atoms with Crippen LogP contribution in [0.1, 0.15) is 24.1 Å². The van der Waals surface area contributed by atoms with E-state index in [4.69, 9.17) is 4.74 Å². The van der Waals surface area contributed by atoms with Crippen LogP contribution < -0.4 is 5.32 Å². The quantitative estimate of drug-likeness (QED) is 0.840. The number of amides is 1. The molecular formula is C13H17NO2. The average Bonchev–Trinajstić information content (AvgIpc) is 2.56. The Balaban J connectivity index is 2.13. The number of carbonyl (C=O) groups excluding carboxylic acids is 1. The number of benzene rings is 1. The predicted octanol–water partition coefficient (Wildman–Crippen LogP) is 1.68. The zero-order valence-corrected chi connectivity index (χ0v) is 9.69. The van der Waals surface area contributed by atoms with Gasteiger partial charge in [0.25, 0.3) is 0 Å². The Bertz CT molecular complexity index is 389. The number of rotatable bonds is 3. The molecule has 3 nitrogen and oxygen atoms in total. The van der Waals surface area contributed by atoms with Crippen LogP contribution in [-0.4, -0.2) is 19.6 Å². The van der Waals surface area contributed by atoms with Crippen molar-refractivity contribution in [2.24, 2.45) is 5.92 Å². The SMILES string of the molecule is COCC(=O)N[C@H]1c2ccccc2C[C@@H]1C. The first-order chi connectivity index (χ1) is 7.72. The summed E-state index contributed by atoms with van der Waals surface area (Å²) >= 11 is 0. The normalized spacial score (nSPS) is 22.9. The summed E-state index contributed by atoms with van der Waals surface area (Å²) < 4.78 is 4.83. The topological polar surface area (TPSA) is 38.3 Å². The third-order valence-electron chi connectivity index (χ3n) is 3.09. The molecule has 0 aromatic heterocycles. The summed E-state index contributed by atoms with van der Waals surface area (Å²) in [6, 6.07) is 8.43. The molecule has 2 atom stereocenters. The van der Waals surface area contributed by atoms with Gasteiger partial charge in [-0.05, 0) is 23.5 Å². The van der Waals surface area contributed by atoms with E-state index in [1.54, 1.807) is 0 Å². The number of methoxy groups -OCH3 is 1. The van der Waals surface area contributed by atoms with Gasteiger partial charge in [-0.1, -0.05) is 31.2 Å². The Labute approximate surface area is 95.8 Å². The lowest BCUT2D eigenvalue weighted by molar-refractivity contribution is -0.125. The Morgan fingerprint density at radius 3 is 3.00 bits per heavy atom. The molecule has 1 amide bonds. The maximum atomic E-state index is 11.5. The minimum atomic E-state index is -0.0453. The standard InChI is InChI=1S/C13H17NO2/c1-9-7-10-5-3-4-6-11(10)13(9)14-12(15)8-16-2/h3-6,9,13H,7-8H2,1-2H3,(H,14,15)/t9-,13+/m0/s1. The van der Waals surface area contributed by atoms with Crippen molar-refractivity contribution < 1.29 is 9.53 Å². The van der Waals surface area contributed by atoms with Crippen molar-refractivity contribution in [3.05, 3.63) is 35.4 Å². The monoisotopic (exact) mass is 219 g/mol. The zero-order valence-electron chi connectivity index (χ0n) is 9.69. The van der Waals surface area contributed by atoms with E-state index >= 15 is 0 Å². The zero-order chi connectivity index (χ0) is 11.5. The third-order valence-corrected chi connectivity index (χ3v) is 3.09. The lowest BCUT2D eigenvalue weighted by atomic mass is 10.0. The van der Waals surface area contributed by atoms with Gasteiger partial charge in [0.2, 0.25) is 5.91 Å². The first-order valence-corrected chi connectivity index (χ1v) is 5.58. The highest BCUT2D eigenvalue weighted by Crippen LogP contribution is 2.35. The van der Waals surface area contributed by atoms with Crippen LogP contribution in [0.4, 0.5) is 0 Å². The second-order valence-corrected chi connectivity index (χ2v) is 4.36. The average molecular weight is 219 g/mol. The van der Waals surface area contributed by atoms with Crippen LogP contribution in [0.25, 0.3) is 0 Å². The third kappa shape index (κ3) is 2.09. The van der Waals surface area contributed by atoms with Crippen molar-refractivity contribution in [1.82, 2.24) is 5.32 Å². The highest BCUT2D eigenvalue weighted by Gasteiger charge is 2.29. The van der Waals surface area contributed by atoms with Gasteiger partial charge in [-0.3, -0.25) is 4.79 Å². The fourth-order valence-electron chi connectivity index (χ4n) is 2.36. The minimum absolute atomic E-state index is 0.0453. The van der Waals surface area contributed by atoms with Crippen LogP contribution in [0.3, 0.4) is 0 Å². The van der Waals surface area contributed by atoms with E-state index in [-0.39, 0.29) is 18.6 Å². The maximum Gasteiger partial charge on any atom is 0.246 e. The smallest absolute Gasteiger partial charge is 0.246 e. The van der Waals surface area contributed by atoms with E-state index in [0.29, 0.717) is 5.92 Å². The fraction of sp³-hybridized carbons (Fsp3) is 0.462. The number of carbonyl (C=O) groups is 1. The van der Waals surface area contributed by atoms with Crippen LogP contribution in [0, 0.1) is 5.92 Å². The van der Waals surface area contributed by atoms with E-state index in [0.717, 1.165) is 6.42 Å². The molecule has 0 unspecified atom stereocenters. The highest BCUT2D eigenvalue weighted by atomic mass is 16.5. The van der Waals surface area contributed by atoms with Gasteiger partial charge in [0.1, 0.15) is 6.61 Å². The second kappa shape index (κ2) is 4.66. The molecule has 0 aliphatic heterocycles. The van der Waals surface area contributed by atoms with E-state index in [1.807, 2.05) is 12.1 Å². The molecule has 0 bridgehead atoms. The van der Waals surface area contributed by atoms with Gasteiger partial charge in [0.05, 0.1) is 6.04 Å². The van der Waals surface area contributed by atoms with Gasteiger partial charge in [0.15, 0.2) is 0 Å². The number of nitrogens with one attached hydrogen (secondary N) is 1. The molecule has 0 spiro atoms. The van der Waals surface area contributed by atoms with E-state index < -0.39 is 0 Å². The number of hydrogen-bond acceptors (Lipinski definition) is 2. The molecule has 86 valence electrons. The van der Waals surface area contributed by atoms with Crippen LogP contribution in [0.2, 0.25) is 0 Å². The predicted molar refractivity (Wildman–Crippen MR) is 62.1 cm³/mol. The second-order valence-electron chi connectivity index (χ2n) is 4.36. The fourth-order valence-corrected chi connectivity index (χ4v) is 2.36. The van der Waals surface area contributed by atoms with E-state index in [9.17, 15) is 4.79 Å². The number of hydrogen-bond donors (Lipinski definition) is 1. The maximum absolute atomic E-state index is 11.5. The van der Waals surface area contributed by atoms with Gasteiger partial charge in [0, 0.05) is 7.11 Å². The van der Waals surface area contributed by atoms with Crippen molar-refractivity contribution in [2.75, 3.05) is 13.7 Å². The van der Waals surface area contributed by atoms with Crippen LogP contribution >= 0.6 is 0 Å². The van der Waals surface area contributed by atoms with Crippen LogP contribution in [-0.2, 0) is 16.0 Å². The molecule has 0 radical (unpaired) electrons. The van der Waals surface area contributed by atoms with Gasteiger partial charge in [-0.2, -0.15) is 0 Å². The summed E-state index contributed by atoms with van der Waals surface area (Å²) in [7, 11) is 1.53. The largest absolute Gasteiger partial charge is 0.375 e. The molecule has 2 rings (SSSR count). The molecule has 1 aromatic rings. The lowest BCUT2D eigenvalue weighted by Crippen LogP contribution is -2.33. The van der Waals surface area contributed by atoms with Crippen molar-refractivity contribution in [1.29, 1.82) is 0 Å². The molecule has 0 saturated carbocycles. The highest BCUT2D eigenvalue weighted by molar-refractivity contribution is 5.77. The molecular weight excluding hydrogens is 202 g/mol. The Morgan fingerprint density at radius 1 is 1.50 bits per heavy atom. The summed E-state index contributed by atoms with van der Waals surface area (Å²) in [6.45, 7) is 2.29. The summed E-state index contributed by atoms with van der Waals surface area (Å²) in [4.78, 5) is 11.5. The number of ether oxygens (including phenoxy) is 1. The Kier molecular flexibility index (Phi) is 3.25. The van der Waals surface area contributed by atoms with Crippen molar-refractivity contribution in [3.63, 3.8) is 0 Å². The summed E-state index contributed by atoms with van der Waals surface area (Å²) in [5.74, 6) is 0.411. The van der Waals surface area contributed by atoms with Crippen LogP contribution in [0.5, 0.6) is 0 Å². The first kappa shape index (κ1) is 11.1. The van der Waals surface area contributed by atoms with Gasteiger partial charge < -0.3 is 10.1 Å². The molecule has 0 saturated heterocycles. The molecule has 0 fully saturated rings. The van der Waals surface area contributed by atoms with Crippen molar-refractivity contribution in [3.8, 4) is 0 Å². The molecule has 1 aliphatic rings. The molecule has 0 heterocycles. The molecule has 3 heteroatoms. The molecule has 1 aromatic carbocycles. The van der Waals surface area contributed by atoms with E-state index in [1.165, 1.54) is 18.2 Å². The van der Waals surface area contributed by atoms with Gasteiger partial charge in [-0.25, -0.2) is 0 Å². The summed E-state index contributed by atoms with van der Waals surface area (Å²) in [5.41, 5.74) is 2.59. The van der Waals surface area contributed by atoms with Gasteiger partial charge in [-0.15, -0.1) is 0 Å². The Hall–Kier alpha value is -1.35. The first-order valence-electron chi connectivity index (χ1n) is 5.58. The van der Waals surface area contributed by atoms with Crippen molar-refractivity contribution in [2.45, 2.75) is 19.4 Å². The van der Waals surface area contributed by atoms with Gasteiger partial charge >= 0.3 is 0 Å².